The molecule has 3 aromatic rings. The summed E-state index contributed by atoms with van der Waals surface area (Å²) in [6.45, 7) is 3.71. The fourth-order valence-electron chi connectivity index (χ4n) is 3.65. The zero-order chi connectivity index (χ0) is 26.0. The van der Waals surface area contributed by atoms with Gasteiger partial charge in [-0.15, -0.1) is 0 Å². The van der Waals surface area contributed by atoms with Gasteiger partial charge in [0.15, 0.2) is 0 Å². The maximum atomic E-state index is 13.3. The first kappa shape index (κ1) is 24.6. The number of imide groups is 2. The van der Waals surface area contributed by atoms with Gasteiger partial charge in [-0.1, -0.05) is 23.7 Å². The molecule has 10 heteroatoms. The molecule has 1 aliphatic heterocycles. The third-order valence-corrected chi connectivity index (χ3v) is 5.97. The van der Waals surface area contributed by atoms with Crippen LogP contribution in [0.2, 0.25) is 5.02 Å². The number of hydrogen-bond donors (Lipinski definition) is 1. The smallest absolute Gasteiger partial charge is 0.335 e. The second kappa shape index (κ2) is 10.0. The Hall–Kier alpha value is -4.50. The summed E-state index contributed by atoms with van der Waals surface area (Å²) < 4.78 is 5.86. The van der Waals surface area contributed by atoms with Crippen molar-refractivity contribution in [2.24, 2.45) is 0 Å². The van der Waals surface area contributed by atoms with E-state index in [0.29, 0.717) is 27.6 Å². The predicted octanol–water partition coefficient (Wildman–Crippen LogP) is 5.11. The Bertz CT molecular complexity index is 1430. The number of hydrogen-bond acceptors (Lipinski definition) is 6. The fourth-order valence-corrected chi connectivity index (χ4v) is 3.83. The van der Waals surface area contributed by atoms with Gasteiger partial charge < -0.3 is 4.74 Å². The van der Waals surface area contributed by atoms with Crippen molar-refractivity contribution >= 4 is 46.9 Å². The number of halogens is 1. The number of rotatable bonds is 6. The standard InChI is InChI=1S/C26H20ClN3O6/c1-15-4-3-5-22(16(15)2)29-25(32)21(24(31)28-26(29)33)13-18-12-19(27)8-11-23(18)36-14-17-6-9-20(10-7-17)30(34)35/h3-13H,14H2,1-2H3,(H,28,31,33)/b21-13+. The number of ether oxygens (including phenoxy) is 1. The molecule has 4 rings (SSSR count). The van der Waals surface area contributed by atoms with Gasteiger partial charge in [0, 0.05) is 22.7 Å². The Labute approximate surface area is 211 Å². The lowest BCUT2D eigenvalue weighted by atomic mass is 10.0. The van der Waals surface area contributed by atoms with E-state index in [1.165, 1.54) is 24.3 Å². The van der Waals surface area contributed by atoms with E-state index >= 15 is 0 Å². The molecule has 1 N–H and O–H groups in total. The highest BCUT2D eigenvalue weighted by Crippen LogP contribution is 2.30. The lowest BCUT2D eigenvalue weighted by Gasteiger charge is -2.28. The number of nitrogens with one attached hydrogen (secondary N) is 1. The van der Waals surface area contributed by atoms with Crippen LogP contribution in [0.25, 0.3) is 6.08 Å². The number of anilines is 1. The first-order chi connectivity index (χ1) is 17.2. The van der Waals surface area contributed by atoms with Crippen LogP contribution in [0.4, 0.5) is 16.2 Å². The maximum absolute atomic E-state index is 13.3. The molecule has 1 saturated heterocycles. The number of amides is 4. The van der Waals surface area contributed by atoms with Crippen LogP contribution in [0, 0.1) is 24.0 Å². The maximum Gasteiger partial charge on any atom is 0.335 e. The molecular formula is C26H20ClN3O6. The summed E-state index contributed by atoms with van der Waals surface area (Å²) in [7, 11) is 0. The van der Waals surface area contributed by atoms with Crippen molar-refractivity contribution in [3.8, 4) is 5.75 Å². The van der Waals surface area contributed by atoms with Gasteiger partial charge in [0.1, 0.15) is 17.9 Å². The van der Waals surface area contributed by atoms with Gasteiger partial charge in [0.25, 0.3) is 17.5 Å². The van der Waals surface area contributed by atoms with E-state index in [-0.39, 0.29) is 17.9 Å². The highest BCUT2D eigenvalue weighted by Gasteiger charge is 2.37. The lowest BCUT2D eigenvalue weighted by Crippen LogP contribution is -2.54. The molecule has 9 nitrogen and oxygen atoms in total. The number of aryl methyl sites for hydroxylation is 1. The Kier molecular flexibility index (Phi) is 6.84. The first-order valence-corrected chi connectivity index (χ1v) is 11.2. The Morgan fingerprint density at radius 1 is 1.06 bits per heavy atom. The molecular weight excluding hydrogens is 486 g/mol. The minimum atomic E-state index is -0.840. The van der Waals surface area contributed by atoms with Crippen LogP contribution >= 0.6 is 11.6 Å². The van der Waals surface area contributed by atoms with Gasteiger partial charge in [-0.05, 0) is 73.0 Å². The predicted molar refractivity (Wildman–Crippen MR) is 134 cm³/mol. The van der Waals surface area contributed by atoms with Gasteiger partial charge >= 0.3 is 6.03 Å². The molecule has 3 aromatic carbocycles. The zero-order valence-electron chi connectivity index (χ0n) is 19.3. The van der Waals surface area contributed by atoms with Crippen molar-refractivity contribution in [2.75, 3.05) is 4.90 Å². The summed E-state index contributed by atoms with van der Waals surface area (Å²) in [4.78, 5) is 49.8. The third kappa shape index (κ3) is 4.96. The highest BCUT2D eigenvalue weighted by atomic mass is 35.5. The van der Waals surface area contributed by atoms with E-state index in [9.17, 15) is 24.5 Å². The van der Waals surface area contributed by atoms with E-state index in [1.807, 2.05) is 13.0 Å². The molecule has 0 unspecified atom stereocenters. The largest absolute Gasteiger partial charge is 0.488 e. The van der Waals surface area contributed by atoms with Gasteiger partial charge in [0.2, 0.25) is 0 Å². The zero-order valence-corrected chi connectivity index (χ0v) is 20.0. The van der Waals surface area contributed by atoms with Crippen molar-refractivity contribution in [3.63, 3.8) is 0 Å². The van der Waals surface area contributed by atoms with Crippen molar-refractivity contribution in [1.82, 2.24) is 5.32 Å². The Morgan fingerprint density at radius 3 is 2.47 bits per heavy atom. The number of non-ortho nitro benzene ring substituents is 1. The quantitative estimate of drug-likeness (QED) is 0.215. The average molecular weight is 506 g/mol. The highest BCUT2D eigenvalue weighted by molar-refractivity contribution is 6.39. The molecule has 1 fully saturated rings. The molecule has 4 amide bonds. The Balaban J connectivity index is 1.66. The summed E-state index contributed by atoms with van der Waals surface area (Å²) in [5, 5.41) is 13.4. The van der Waals surface area contributed by atoms with Crippen LogP contribution in [0.3, 0.4) is 0 Å². The molecule has 0 bridgehead atoms. The van der Waals surface area contributed by atoms with Crippen LogP contribution in [-0.2, 0) is 16.2 Å². The minimum absolute atomic E-state index is 0.0413. The van der Waals surface area contributed by atoms with E-state index in [2.05, 4.69) is 5.32 Å². The van der Waals surface area contributed by atoms with Gasteiger partial charge in [-0.2, -0.15) is 0 Å². The number of carbonyl (C=O) groups excluding carboxylic acids is 3. The first-order valence-electron chi connectivity index (χ1n) is 10.8. The number of urea groups is 1. The van der Waals surface area contributed by atoms with Crippen LogP contribution < -0.4 is 15.0 Å². The van der Waals surface area contributed by atoms with Crippen molar-refractivity contribution in [3.05, 3.63) is 104 Å². The molecule has 1 aliphatic rings. The molecule has 1 heterocycles. The summed E-state index contributed by atoms with van der Waals surface area (Å²) >= 11 is 6.16. The molecule has 0 atom stereocenters. The van der Waals surface area contributed by atoms with Gasteiger partial charge in [0.05, 0.1) is 10.6 Å². The summed E-state index contributed by atoms with van der Waals surface area (Å²) in [6.07, 6.45) is 1.32. The van der Waals surface area contributed by atoms with E-state index in [0.717, 1.165) is 16.0 Å². The van der Waals surface area contributed by atoms with Crippen LogP contribution in [0.15, 0.2) is 66.2 Å². The number of barbiturate groups is 1. The second-order valence-corrected chi connectivity index (χ2v) is 8.51. The van der Waals surface area contributed by atoms with E-state index < -0.39 is 22.8 Å². The number of carbonyl (C=O) groups is 3. The Morgan fingerprint density at radius 2 is 1.78 bits per heavy atom. The number of nitrogens with zero attached hydrogens (tertiary/aromatic N) is 2. The molecule has 0 spiro atoms. The molecule has 0 saturated carbocycles. The lowest BCUT2D eigenvalue weighted by molar-refractivity contribution is -0.384. The minimum Gasteiger partial charge on any atom is -0.488 e. The van der Waals surface area contributed by atoms with Crippen molar-refractivity contribution in [1.29, 1.82) is 0 Å². The summed E-state index contributed by atoms with van der Waals surface area (Å²) in [5.41, 5.74) is 2.69. The average Bonchev–Trinajstić information content (AvgIpc) is 2.84. The van der Waals surface area contributed by atoms with E-state index in [1.54, 1.807) is 43.3 Å². The third-order valence-electron chi connectivity index (χ3n) is 5.73. The van der Waals surface area contributed by atoms with Crippen LogP contribution in [-0.4, -0.2) is 22.8 Å². The van der Waals surface area contributed by atoms with Crippen molar-refractivity contribution in [2.45, 2.75) is 20.5 Å². The fraction of sp³-hybridized carbons (Fsp3) is 0.115. The number of nitro groups is 1. The molecule has 36 heavy (non-hydrogen) atoms. The SMILES string of the molecule is Cc1cccc(N2C(=O)NC(=O)/C(=C\c3cc(Cl)ccc3OCc3ccc([N+](=O)[O-])cc3)C2=O)c1C. The van der Waals surface area contributed by atoms with Crippen LogP contribution in [0.5, 0.6) is 5.75 Å². The molecule has 0 aromatic heterocycles. The molecule has 182 valence electrons. The normalized spacial score (nSPS) is 14.7. The molecule has 0 radical (unpaired) electrons. The summed E-state index contributed by atoms with van der Waals surface area (Å²) in [5.74, 6) is -1.30. The number of benzene rings is 3. The van der Waals surface area contributed by atoms with Crippen LogP contribution in [0.1, 0.15) is 22.3 Å². The number of nitro benzene ring substituents is 1. The van der Waals surface area contributed by atoms with E-state index in [4.69, 9.17) is 16.3 Å². The van der Waals surface area contributed by atoms with Gasteiger partial charge in [-0.3, -0.25) is 25.0 Å². The monoisotopic (exact) mass is 505 g/mol. The van der Waals surface area contributed by atoms with Crippen molar-refractivity contribution < 1.29 is 24.0 Å². The van der Waals surface area contributed by atoms with Gasteiger partial charge in [-0.25, -0.2) is 9.69 Å². The topological polar surface area (TPSA) is 119 Å². The molecule has 0 aliphatic carbocycles. The summed E-state index contributed by atoms with van der Waals surface area (Å²) in [6, 6.07) is 14.9. The second-order valence-electron chi connectivity index (χ2n) is 8.07.